The predicted molar refractivity (Wildman–Crippen MR) is 107 cm³/mol. The Kier molecular flexibility index (Phi) is 7.69. The van der Waals surface area contributed by atoms with Crippen molar-refractivity contribution >= 4 is 81.5 Å². The molecular formula is C14H12Cl6N2O8. The lowest BCUT2D eigenvalue weighted by Gasteiger charge is -2.30. The predicted octanol–water partition coefficient (Wildman–Crippen LogP) is 1.38. The highest BCUT2D eigenvalue weighted by Crippen LogP contribution is 2.41. The van der Waals surface area contributed by atoms with E-state index in [4.69, 9.17) is 83.8 Å². The molecule has 0 amide bonds. The average molecular weight is 549 g/mol. The summed E-state index contributed by atoms with van der Waals surface area (Å²) in [6, 6.07) is 0.985. The lowest BCUT2D eigenvalue weighted by Crippen LogP contribution is -2.50. The maximum absolute atomic E-state index is 12.1. The molecular weight excluding hydrogens is 537 g/mol. The number of ether oxygens (including phenoxy) is 3. The maximum atomic E-state index is 12.1. The van der Waals surface area contributed by atoms with Gasteiger partial charge in [-0.15, -0.1) is 0 Å². The summed E-state index contributed by atoms with van der Waals surface area (Å²) >= 11 is 32.7. The van der Waals surface area contributed by atoms with Crippen molar-refractivity contribution < 1.29 is 28.9 Å². The number of nitrogens with zero attached hydrogens (tertiary/aromatic N) is 1. The van der Waals surface area contributed by atoms with E-state index >= 15 is 0 Å². The summed E-state index contributed by atoms with van der Waals surface area (Å²) in [6.07, 6.45) is -3.50. The van der Waals surface area contributed by atoms with E-state index in [0.717, 1.165) is 23.8 Å². The van der Waals surface area contributed by atoms with Gasteiger partial charge in [0.15, 0.2) is 12.3 Å². The van der Waals surface area contributed by atoms with Crippen LogP contribution in [-0.2, 0) is 23.8 Å². The number of aromatic amines is 1. The third kappa shape index (κ3) is 5.74. The Labute approximate surface area is 197 Å². The molecule has 168 valence electrons. The van der Waals surface area contributed by atoms with E-state index in [9.17, 15) is 24.3 Å². The second-order valence-electron chi connectivity index (χ2n) is 6.19. The van der Waals surface area contributed by atoms with Crippen LogP contribution < -0.4 is 11.2 Å². The second-order valence-corrected chi connectivity index (χ2v) is 10.8. The zero-order chi connectivity index (χ0) is 23.1. The third-order valence-corrected chi connectivity index (χ3v) is 4.82. The van der Waals surface area contributed by atoms with Crippen molar-refractivity contribution in [2.75, 3.05) is 6.61 Å². The van der Waals surface area contributed by atoms with Gasteiger partial charge in [0.05, 0.1) is 0 Å². The SMILES string of the molecule is C[C@@]1(O)C(n2ccc(=O)[nH]c2=O)O[C@H](COC(=O)C(Cl)(Cl)Cl)[C@H]1OC(=O)C(Cl)(Cl)Cl. The first kappa shape index (κ1) is 25.5. The highest BCUT2D eigenvalue weighted by molar-refractivity contribution is 6.76. The van der Waals surface area contributed by atoms with Crippen LogP contribution in [0.3, 0.4) is 0 Å². The standard InChI is InChI=1S/C14H12Cl6N2O8/c1-12(27)7(30-10(25)14(18,19)20)5(4-28-9(24)13(15,16)17)29-8(12)22-3-2-6(23)21-11(22)26/h2-3,5,7-8,27H,4H2,1H3,(H,21,23,26)/t5-,7-,8?,12+/m1/s1. The summed E-state index contributed by atoms with van der Waals surface area (Å²) in [5.41, 5.74) is -3.79. The highest BCUT2D eigenvalue weighted by Gasteiger charge is 2.58. The molecule has 2 N–H and O–H groups in total. The minimum Gasteiger partial charge on any atom is -0.460 e. The Hall–Kier alpha value is -0.720. The van der Waals surface area contributed by atoms with Crippen molar-refractivity contribution in [1.29, 1.82) is 0 Å². The Morgan fingerprint density at radius 1 is 1.20 bits per heavy atom. The largest absolute Gasteiger partial charge is 0.460 e. The second kappa shape index (κ2) is 9.03. The highest BCUT2D eigenvalue weighted by atomic mass is 35.6. The lowest BCUT2D eigenvalue weighted by atomic mass is 9.96. The van der Waals surface area contributed by atoms with Crippen molar-refractivity contribution in [1.82, 2.24) is 9.55 Å². The van der Waals surface area contributed by atoms with Crippen molar-refractivity contribution in [2.45, 2.75) is 38.5 Å². The van der Waals surface area contributed by atoms with Gasteiger partial charge in [-0.2, -0.15) is 0 Å². The van der Waals surface area contributed by atoms with E-state index in [-0.39, 0.29) is 0 Å². The zero-order valence-electron chi connectivity index (χ0n) is 14.6. The number of halogens is 6. The molecule has 1 aliphatic rings. The topological polar surface area (TPSA) is 137 Å². The Bertz CT molecular complexity index is 934. The normalized spacial score (nSPS) is 27.0. The van der Waals surface area contributed by atoms with Crippen LogP contribution in [0.15, 0.2) is 21.9 Å². The van der Waals surface area contributed by atoms with Gasteiger partial charge in [-0.05, 0) is 6.92 Å². The van der Waals surface area contributed by atoms with Crippen LogP contribution in [0.25, 0.3) is 0 Å². The van der Waals surface area contributed by atoms with E-state index < -0.39 is 61.4 Å². The Morgan fingerprint density at radius 3 is 2.27 bits per heavy atom. The molecule has 0 bridgehead atoms. The van der Waals surface area contributed by atoms with E-state index in [2.05, 4.69) is 0 Å². The van der Waals surface area contributed by atoms with Crippen LogP contribution in [-0.4, -0.2) is 58.6 Å². The first-order valence-corrected chi connectivity index (χ1v) is 10.0. The molecule has 0 spiro atoms. The third-order valence-electron chi connectivity index (χ3n) is 3.90. The fraction of sp³-hybridized carbons (Fsp3) is 0.571. The van der Waals surface area contributed by atoms with E-state index in [1.165, 1.54) is 0 Å². The maximum Gasteiger partial charge on any atom is 0.359 e. The molecule has 1 unspecified atom stereocenters. The summed E-state index contributed by atoms with van der Waals surface area (Å²) in [7, 11) is 0. The number of rotatable bonds is 4. The molecule has 30 heavy (non-hydrogen) atoms. The van der Waals surface area contributed by atoms with Gasteiger partial charge in [0.1, 0.15) is 18.3 Å². The summed E-state index contributed by atoms with van der Waals surface area (Å²) < 4.78 is 11.3. The molecule has 0 radical (unpaired) electrons. The molecule has 2 heterocycles. The quantitative estimate of drug-likeness (QED) is 0.425. The minimum atomic E-state index is -2.51. The van der Waals surface area contributed by atoms with Crippen LogP contribution in [0.4, 0.5) is 0 Å². The monoisotopic (exact) mass is 546 g/mol. The molecule has 1 saturated heterocycles. The number of nitrogens with one attached hydrogen (secondary N) is 1. The van der Waals surface area contributed by atoms with Gasteiger partial charge in [0, 0.05) is 12.3 Å². The van der Waals surface area contributed by atoms with Gasteiger partial charge in [0.25, 0.3) is 13.1 Å². The number of carbonyl (C=O) groups excluding carboxylic acids is 2. The Balaban J connectivity index is 2.39. The summed E-state index contributed by atoms with van der Waals surface area (Å²) in [6.45, 7) is 0.456. The van der Waals surface area contributed by atoms with E-state index in [0.29, 0.717) is 0 Å². The average Bonchev–Trinajstić information content (AvgIpc) is 2.82. The number of carbonyl (C=O) groups is 2. The van der Waals surface area contributed by atoms with Crippen LogP contribution in [0.2, 0.25) is 0 Å². The number of alkyl halides is 6. The van der Waals surface area contributed by atoms with Crippen molar-refractivity contribution in [3.05, 3.63) is 33.1 Å². The molecule has 1 aromatic rings. The molecule has 2 rings (SSSR count). The molecule has 4 atom stereocenters. The molecule has 1 aliphatic heterocycles. The number of aliphatic hydroxyl groups is 1. The summed E-state index contributed by atoms with van der Waals surface area (Å²) in [5, 5.41) is 11.0. The lowest BCUT2D eigenvalue weighted by molar-refractivity contribution is -0.164. The summed E-state index contributed by atoms with van der Waals surface area (Å²) in [4.78, 5) is 49.1. The first-order valence-electron chi connectivity index (χ1n) is 7.76. The first-order chi connectivity index (χ1) is 13.5. The van der Waals surface area contributed by atoms with E-state index in [1.807, 2.05) is 4.98 Å². The minimum absolute atomic E-state index is 0.685. The molecule has 16 heteroatoms. The fourth-order valence-electron chi connectivity index (χ4n) is 2.59. The molecule has 1 aromatic heterocycles. The number of hydrogen-bond acceptors (Lipinski definition) is 8. The summed E-state index contributed by atoms with van der Waals surface area (Å²) in [5.74, 6) is -2.67. The number of H-pyrrole nitrogens is 1. The zero-order valence-corrected chi connectivity index (χ0v) is 19.1. The van der Waals surface area contributed by atoms with Gasteiger partial charge >= 0.3 is 17.6 Å². The fourth-order valence-corrected chi connectivity index (χ4v) is 2.89. The van der Waals surface area contributed by atoms with Crippen LogP contribution >= 0.6 is 69.6 Å². The van der Waals surface area contributed by atoms with E-state index in [1.54, 1.807) is 0 Å². The molecule has 0 aromatic carbocycles. The van der Waals surface area contributed by atoms with Gasteiger partial charge < -0.3 is 19.3 Å². The van der Waals surface area contributed by atoms with Crippen molar-refractivity contribution in [3.8, 4) is 0 Å². The smallest absolute Gasteiger partial charge is 0.359 e. The molecule has 0 aliphatic carbocycles. The van der Waals surface area contributed by atoms with Crippen LogP contribution in [0.1, 0.15) is 13.2 Å². The van der Waals surface area contributed by atoms with Gasteiger partial charge in [-0.25, -0.2) is 14.4 Å². The number of hydrogen-bond donors (Lipinski definition) is 2. The van der Waals surface area contributed by atoms with Crippen molar-refractivity contribution in [2.24, 2.45) is 0 Å². The Morgan fingerprint density at radius 2 is 1.77 bits per heavy atom. The molecule has 0 saturated carbocycles. The number of aromatic nitrogens is 2. The van der Waals surface area contributed by atoms with Crippen molar-refractivity contribution in [3.63, 3.8) is 0 Å². The van der Waals surface area contributed by atoms with Crippen LogP contribution in [0.5, 0.6) is 0 Å². The molecule has 1 fully saturated rings. The molecule has 10 nitrogen and oxygen atoms in total. The number of esters is 2. The van der Waals surface area contributed by atoms with Crippen LogP contribution in [0, 0.1) is 0 Å². The van der Waals surface area contributed by atoms with Gasteiger partial charge in [-0.1, -0.05) is 69.6 Å². The van der Waals surface area contributed by atoms with Gasteiger partial charge in [-0.3, -0.25) is 14.3 Å². The van der Waals surface area contributed by atoms with Gasteiger partial charge in [0.2, 0.25) is 0 Å².